The molecule has 14 heteroatoms. The Morgan fingerprint density at radius 1 is 1.12 bits per heavy atom. The third kappa shape index (κ3) is 6.18. The number of hydrogen-bond donors (Lipinski definition) is 1. The fourth-order valence-corrected chi connectivity index (χ4v) is 11.2. The van der Waals surface area contributed by atoms with Gasteiger partial charge in [-0.2, -0.15) is 5.09 Å². The molecule has 1 N–H and O–H groups in total. The molecule has 2 heterocycles. The molecular formula is C20H24Cl6N2O4PS+. The molecule has 2 fully saturated rings. The third-order valence-electron chi connectivity index (χ3n) is 5.59. The van der Waals surface area contributed by atoms with Crippen LogP contribution >= 0.6 is 89.4 Å². The van der Waals surface area contributed by atoms with Crippen LogP contribution in [0.3, 0.4) is 0 Å². The number of methoxy groups -OCH3 is 1. The molecule has 0 saturated carbocycles. The minimum Gasteiger partial charge on any atom is -0.458 e. The molecule has 1 amide bonds. The molecule has 3 atom stereocenters. The number of esters is 1. The number of hydrogen-bond acceptors (Lipinski definition) is 6. The third-order valence-corrected chi connectivity index (χ3v) is 12.0. The van der Waals surface area contributed by atoms with E-state index in [0.29, 0.717) is 0 Å². The highest BCUT2D eigenvalue weighted by molar-refractivity contribution is 8.01. The van der Waals surface area contributed by atoms with Crippen LogP contribution in [0.5, 0.6) is 0 Å². The standard InChI is InChI=1S/C20H23Cl6N2O4PS/c1-17(2)20(28-14(29)13(31-3)15(28)34-17,16(30)32-9-12-7-5-4-6-8-12)27-33(10-18(21,22)23)11-19(24,25)26/h4-8,13,15,27H,9-11H2,1-3H3/p+1/t13-,15-,20+/m1/s1. The topological polar surface area (TPSA) is 67.9 Å². The second-order valence-corrected chi connectivity index (χ2v) is 17.4. The number of benzene rings is 1. The van der Waals surface area contributed by atoms with Crippen LogP contribution in [-0.4, -0.2) is 65.7 Å². The number of halogens is 6. The summed E-state index contributed by atoms with van der Waals surface area (Å²) >= 11 is 38.0. The van der Waals surface area contributed by atoms with Gasteiger partial charge < -0.3 is 9.47 Å². The van der Waals surface area contributed by atoms with Gasteiger partial charge in [-0.25, -0.2) is 4.79 Å². The van der Waals surface area contributed by atoms with Crippen molar-refractivity contribution in [3.05, 3.63) is 35.9 Å². The van der Waals surface area contributed by atoms with E-state index < -0.39 is 43.5 Å². The Hall–Kier alpha value is 0.600. The molecule has 0 radical (unpaired) electrons. The van der Waals surface area contributed by atoms with Gasteiger partial charge >= 0.3 is 5.97 Å². The lowest BCUT2D eigenvalue weighted by atomic mass is 9.90. The summed E-state index contributed by atoms with van der Waals surface area (Å²) in [6.07, 6.45) is -0.678. The fourth-order valence-electron chi connectivity index (χ4n) is 4.13. The minimum absolute atomic E-state index is 0.00507. The number of nitrogens with zero attached hydrogens (tertiary/aromatic N) is 1. The quantitative estimate of drug-likeness (QED) is 0.175. The Bertz CT molecular complexity index is 901. The lowest BCUT2D eigenvalue weighted by Crippen LogP contribution is -2.77. The van der Waals surface area contributed by atoms with Gasteiger partial charge in [-0.05, 0) is 19.4 Å². The van der Waals surface area contributed by atoms with Gasteiger partial charge in [0, 0.05) is 7.11 Å². The largest absolute Gasteiger partial charge is 0.458 e. The molecule has 2 aliphatic rings. The summed E-state index contributed by atoms with van der Waals surface area (Å²) < 4.78 is 6.92. The van der Waals surface area contributed by atoms with Crippen LogP contribution in [0.2, 0.25) is 0 Å². The Labute approximate surface area is 234 Å². The van der Waals surface area contributed by atoms with Gasteiger partial charge in [0.25, 0.3) is 5.91 Å². The van der Waals surface area contributed by atoms with Crippen LogP contribution in [0.25, 0.3) is 0 Å². The van der Waals surface area contributed by atoms with Crippen LogP contribution in [0.4, 0.5) is 0 Å². The Kier molecular flexibility index (Phi) is 9.23. The first-order valence-corrected chi connectivity index (χ1v) is 15.2. The number of β-lactam (4-membered cyclic amide) rings is 1. The van der Waals surface area contributed by atoms with Gasteiger partial charge in [-0.1, -0.05) is 99.9 Å². The summed E-state index contributed by atoms with van der Waals surface area (Å²) in [5, 5.41) is 2.92. The molecule has 6 nitrogen and oxygen atoms in total. The van der Waals surface area contributed by atoms with Crippen LogP contribution in [-0.2, 0) is 25.7 Å². The fraction of sp³-hybridized carbons (Fsp3) is 0.600. The van der Waals surface area contributed by atoms with Gasteiger partial charge in [-0.15, -0.1) is 11.8 Å². The van der Waals surface area contributed by atoms with Gasteiger partial charge in [-0.3, -0.25) is 9.69 Å². The molecular weight excluding hydrogens is 608 g/mol. The molecule has 190 valence electrons. The first kappa shape index (κ1) is 29.2. The van der Waals surface area contributed by atoms with Crippen molar-refractivity contribution >= 4 is 101 Å². The number of amides is 1. The van der Waals surface area contributed by atoms with Crippen molar-refractivity contribution in [2.24, 2.45) is 0 Å². The van der Waals surface area contributed by atoms with Crippen LogP contribution in [0, 0.1) is 0 Å². The summed E-state index contributed by atoms with van der Waals surface area (Å²) in [5.41, 5.74) is -0.799. The van der Waals surface area contributed by atoms with Crippen molar-refractivity contribution in [1.82, 2.24) is 9.99 Å². The zero-order valence-electron chi connectivity index (χ0n) is 18.4. The molecule has 0 bridgehead atoms. The lowest BCUT2D eigenvalue weighted by Gasteiger charge is -2.49. The average molecular weight is 632 g/mol. The van der Waals surface area contributed by atoms with E-state index in [-0.39, 0.29) is 24.8 Å². The zero-order chi connectivity index (χ0) is 25.5. The number of nitrogens with one attached hydrogen (secondary N) is 1. The van der Waals surface area contributed by atoms with Gasteiger partial charge in [0.15, 0.2) is 6.10 Å². The molecule has 34 heavy (non-hydrogen) atoms. The normalized spacial score (nSPS) is 26.4. The van der Waals surface area contributed by atoms with E-state index in [1.54, 1.807) is 0 Å². The minimum atomic E-state index is -2.06. The molecule has 2 aliphatic heterocycles. The number of fused-ring (bicyclic) bond motifs is 1. The van der Waals surface area contributed by atoms with Gasteiger partial charge in [0.2, 0.25) is 13.2 Å². The molecule has 3 rings (SSSR count). The number of carbonyl (C=O) groups excluding carboxylic acids is 2. The van der Waals surface area contributed by atoms with Crippen LogP contribution in [0.1, 0.15) is 19.4 Å². The average Bonchev–Trinajstić information content (AvgIpc) is 2.89. The van der Waals surface area contributed by atoms with Crippen molar-refractivity contribution < 1.29 is 19.1 Å². The highest BCUT2D eigenvalue weighted by Gasteiger charge is 2.75. The summed E-state index contributed by atoms with van der Waals surface area (Å²) in [7, 11) is -0.602. The smallest absolute Gasteiger partial charge is 0.352 e. The highest BCUT2D eigenvalue weighted by atomic mass is 35.6. The van der Waals surface area contributed by atoms with E-state index in [1.165, 1.54) is 23.8 Å². The van der Waals surface area contributed by atoms with E-state index in [4.69, 9.17) is 79.1 Å². The SMILES string of the molecule is CO[C@@H]1C(=O)N2[C@@H]1SC(C)(C)[C@]2(N[PH+](CC(Cl)(Cl)Cl)CC(Cl)(Cl)Cl)C(=O)OCc1ccccc1. The van der Waals surface area contributed by atoms with Crippen molar-refractivity contribution in [3.8, 4) is 0 Å². The summed E-state index contributed by atoms with van der Waals surface area (Å²) in [6.45, 7) is 3.70. The van der Waals surface area contributed by atoms with Crippen LogP contribution in [0.15, 0.2) is 30.3 Å². The Balaban J connectivity index is 2.00. The number of carbonyl (C=O) groups is 2. The number of alkyl halides is 6. The molecule has 0 aromatic heterocycles. The summed E-state index contributed by atoms with van der Waals surface area (Å²) in [4.78, 5) is 28.4. The number of ether oxygens (including phenoxy) is 2. The number of thioether (sulfide) groups is 1. The predicted molar refractivity (Wildman–Crippen MR) is 144 cm³/mol. The van der Waals surface area contributed by atoms with E-state index >= 15 is 0 Å². The predicted octanol–water partition coefficient (Wildman–Crippen LogP) is 5.59. The molecule has 0 aliphatic carbocycles. The zero-order valence-corrected chi connectivity index (χ0v) is 24.8. The van der Waals surface area contributed by atoms with Crippen molar-refractivity contribution in [2.75, 3.05) is 19.4 Å². The van der Waals surface area contributed by atoms with E-state index in [1.807, 2.05) is 44.2 Å². The maximum Gasteiger partial charge on any atom is 0.352 e. The van der Waals surface area contributed by atoms with Gasteiger partial charge in [0.05, 0.1) is 12.8 Å². The van der Waals surface area contributed by atoms with Gasteiger partial charge in [0.1, 0.15) is 24.3 Å². The first-order valence-electron chi connectivity index (χ1n) is 10.1. The van der Waals surface area contributed by atoms with Crippen LogP contribution < -0.4 is 5.09 Å². The van der Waals surface area contributed by atoms with E-state index in [9.17, 15) is 9.59 Å². The molecule has 0 spiro atoms. The maximum absolute atomic E-state index is 13.8. The van der Waals surface area contributed by atoms with Crippen molar-refractivity contribution in [3.63, 3.8) is 0 Å². The maximum atomic E-state index is 13.8. The van der Waals surface area contributed by atoms with Crippen molar-refractivity contribution in [2.45, 2.75) is 49.9 Å². The molecule has 1 aromatic carbocycles. The second-order valence-electron chi connectivity index (χ2n) is 8.47. The Morgan fingerprint density at radius 3 is 2.18 bits per heavy atom. The van der Waals surface area contributed by atoms with Crippen molar-refractivity contribution in [1.29, 1.82) is 0 Å². The first-order chi connectivity index (χ1) is 15.6. The van der Waals surface area contributed by atoms with E-state index in [2.05, 4.69) is 5.09 Å². The summed E-state index contributed by atoms with van der Waals surface area (Å²) in [6, 6.07) is 9.21. The molecule has 0 unspecified atom stereocenters. The van der Waals surface area contributed by atoms with E-state index in [0.717, 1.165) is 5.56 Å². The highest BCUT2D eigenvalue weighted by Crippen LogP contribution is 2.60. The lowest BCUT2D eigenvalue weighted by molar-refractivity contribution is -0.187. The monoisotopic (exact) mass is 629 g/mol. The Morgan fingerprint density at radius 2 is 1.68 bits per heavy atom. The molecule has 1 aromatic rings. The number of rotatable bonds is 8. The summed E-state index contributed by atoms with van der Waals surface area (Å²) in [5.74, 6) is -0.991. The molecule has 2 saturated heterocycles. The second kappa shape index (κ2) is 10.8.